The van der Waals surface area contributed by atoms with Crippen LogP contribution in [-0.2, 0) is 0 Å². The molecule has 0 amide bonds. The van der Waals surface area contributed by atoms with Gasteiger partial charge in [0.2, 0.25) is 0 Å². The predicted octanol–water partition coefficient (Wildman–Crippen LogP) is 3.06. The summed E-state index contributed by atoms with van der Waals surface area (Å²) in [5.74, 6) is 8.26. The summed E-state index contributed by atoms with van der Waals surface area (Å²) in [5.41, 5.74) is 2.94. The molecule has 16 heavy (non-hydrogen) atoms. The summed E-state index contributed by atoms with van der Waals surface area (Å²) in [6.45, 7) is 1.98. The Hall–Kier alpha value is -0.800. The van der Waals surface area contributed by atoms with Gasteiger partial charge in [-0.25, -0.2) is 5.43 Å². The maximum absolute atomic E-state index is 5.69. The maximum Gasteiger partial charge on any atom is 0.122 e. The van der Waals surface area contributed by atoms with Crippen LogP contribution in [0.2, 0.25) is 0 Å². The van der Waals surface area contributed by atoms with Crippen LogP contribution in [0.3, 0.4) is 0 Å². The Kier molecular flexibility index (Phi) is 4.02. The minimum Gasteiger partial charge on any atom is -0.465 e. The van der Waals surface area contributed by atoms with Crippen molar-refractivity contribution in [3.8, 4) is 0 Å². The molecule has 1 fully saturated rings. The van der Waals surface area contributed by atoms with Gasteiger partial charge in [0.15, 0.2) is 0 Å². The Morgan fingerprint density at radius 2 is 1.94 bits per heavy atom. The average molecular weight is 222 g/mol. The van der Waals surface area contributed by atoms with Crippen molar-refractivity contribution in [2.45, 2.75) is 51.5 Å². The second-order valence-corrected chi connectivity index (χ2v) is 4.84. The molecule has 1 heterocycles. The van der Waals surface area contributed by atoms with Gasteiger partial charge >= 0.3 is 0 Å². The number of hydrogen-bond acceptors (Lipinski definition) is 3. The number of nitrogens with one attached hydrogen (secondary N) is 1. The molecule has 1 unspecified atom stereocenters. The largest absolute Gasteiger partial charge is 0.465 e. The lowest BCUT2D eigenvalue weighted by Gasteiger charge is -2.23. The van der Waals surface area contributed by atoms with Gasteiger partial charge in [-0.2, -0.15) is 0 Å². The van der Waals surface area contributed by atoms with Crippen LogP contribution in [0.1, 0.15) is 56.1 Å². The van der Waals surface area contributed by atoms with E-state index in [1.165, 1.54) is 38.5 Å². The highest BCUT2D eigenvalue weighted by Gasteiger charge is 2.25. The summed E-state index contributed by atoms with van der Waals surface area (Å²) >= 11 is 0. The smallest absolute Gasteiger partial charge is 0.122 e. The Morgan fingerprint density at radius 3 is 2.44 bits per heavy atom. The standard InChI is InChI=1S/C13H22N2O/c1-10-8-9-12(16-10)13(15-14)11-6-4-2-3-5-7-11/h8-9,11,13,15H,2-7,14H2,1H3. The van der Waals surface area contributed by atoms with Crippen molar-refractivity contribution in [1.82, 2.24) is 5.43 Å². The summed E-state index contributed by atoms with van der Waals surface area (Å²) in [4.78, 5) is 0. The zero-order chi connectivity index (χ0) is 11.4. The van der Waals surface area contributed by atoms with Crippen molar-refractivity contribution < 1.29 is 4.42 Å². The molecular formula is C13H22N2O. The molecule has 0 aliphatic heterocycles. The van der Waals surface area contributed by atoms with Crippen molar-refractivity contribution in [2.24, 2.45) is 11.8 Å². The van der Waals surface area contributed by atoms with Gasteiger partial charge in [-0.3, -0.25) is 5.84 Å². The van der Waals surface area contributed by atoms with E-state index in [0.29, 0.717) is 5.92 Å². The van der Waals surface area contributed by atoms with Gasteiger partial charge in [0.1, 0.15) is 11.5 Å². The van der Waals surface area contributed by atoms with Crippen LogP contribution in [0.4, 0.5) is 0 Å². The first-order chi connectivity index (χ1) is 7.81. The van der Waals surface area contributed by atoms with Gasteiger partial charge in [-0.1, -0.05) is 25.7 Å². The lowest BCUT2D eigenvalue weighted by molar-refractivity contribution is 0.283. The molecule has 1 aromatic rings. The van der Waals surface area contributed by atoms with Crippen LogP contribution in [0, 0.1) is 12.8 Å². The molecule has 3 N–H and O–H groups in total. The molecule has 0 aromatic carbocycles. The third kappa shape index (κ3) is 2.66. The fourth-order valence-electron chi connectivity index (χ4n) is 2.72. The molecule has 90 valence electrons. The molecule has 1 atom stereocenters. The quantitative estimate of drug-likeness (QED) is 0.469. The van der Waals surface area contributed by atoms with Gasteiger partial charge in [0, 0.05) is 0 Å². The fraction of sp³-hybridized carbons (Fsp3) is 0.692. The third-order valence-corrected chi connectivity index (χ3v) is 3.62. The first kappa shape index (κ1) is 11.7. The van der Waals surface area contributed by atoms with E-state index in [-0.39, 0.29) is 6.04 Å². The van der Waals surface area contributed by atoms with Gasteiger partial charge in [-0.05, 0) is 37.8 Å². The van der Waals surface area contributed by atoms with Crippen molar-refractivity contribution in [1.29, 1.82) is 0 Å². The fourth-order valence-corrected chi connectivity index (χ4v) is 2.72. The molecule has 3 heteroatoms. The molecular weight excluding hydrogens is 200 g/mol. The number of nitrogens with two attached hydrogens (primary N) is 1. The Balaban J connectivity index is 2.08. The highest BCUT2D eigenvalue weighted by molar-refractivity contribution is 5.10. The number of hydrazine groups is 1. The molecule has 3 nitrogen and oxygen atoms in total. The van der Waals surface area contributed by atoms with Gasteiger partial charge in [0.25, 0.3) is 0 Å². The van der Waals surface area contributed by atoms with E-state index in [0.717, 1.165) is 11.5 Å². The van der Waals surface area contributed by atoms with E-state index in [1.807, 2.05) is 19.1 Å². The highest BCUT2D eigenvalue weighted by atomic mass is 16.3. The molecule has 0 bridgehead atoms. The highest BCUT2D eigenvalue weighted by Crippen LogP contribution is 2.33. The van der Waals surface area contributed by atoms with Crippen LogP contribution in [0.15, 0.2) is 16.5 Å². The van der Waals surface area contributed by atoms with E-state index in [9.17, 15) is 0 Å². The Morgan fingerprint density at radius 1 is 1.25 bits per heavy atom. The summed E-state index contributed by atoms with van der Waals surface area (Å²) in [5, 5.41) is 0. The lowest BCUT2D eigenvalue weighted by atomic mass is 9.91. The molecule has 0 spiro atoms. The molecule has 2 rings (SSSR count). The molecule has 0 saturated heterocycles. The SMILES string of the molecule is Cc1ccc(C(NN)C2CCCCCC2)o1. The topological polar surface area (TPSA) is 51.2 Å². The number of rotatable bonds is 3. The first-order valence-corrected chi connectivity index (χ1v) is 6.33. The van der Waals surface area contributed by atoms with E-state index in [4.69, 9.17) is 10.3 Å². The molecule has 1 aliphatic carbocycles. The normalized spacial score (nSPS) is 20.6. The monoisotopic (exact) mass is 222 g/mol. The average Bonchev–Trinajstić information content (AvgIpc) is 2.55. The Labute approximate surface area is 97.4 Å². The van der Waals surface area contributed by atoms with Gasteiger partial charge in [-0.15, -0.1) is 0 Å². The summed E-state index contributed by atoms with van der Waals surface area (Å²) < 4.78 is 5.69. The second kappa shape index (κ2) is 5.51. The summed E-state index contributed by atoms with van der Waals surface area (Å²) in [7, 11) is 0. The van der Waals surface area contributed by atoms with Crippen molar-refractivity contribution in [3.63, 3.8) is 0 Å². The third-order valence-electron chi connectivity index (χ3n) is 3.62. The van der Waals surface area contributed by atoms with E-state index >= 15 is 0 Å². The zero-order valence-electron chi connectivity index (χ0n) is 10.0. The van der Waals surface area contributed by atoms with Crippen LogP contribution in [-0.4, -0.2) is 0 Å². The van der Waals surface area contributed by atoms with Crippen LogP contribution in [0.25, 0.3) is 0 Å². The summed E-state index contributed by atoms with van der Waals surface area (Å²) in [6.07, 6.45) is 7.89. The lowest BCUT2D eigenvalue weighted by Crippen LogP contribution is -2.33. The molecule has 0 radical (unpaired) electrons. The molecule has 1 aliphatic rings. The second-order valence-electron chi connectivity index (χ2n) is 4.84. The first-order valence-electron chi connectivity index (χ1n) is 6.33. The van der Waals surface area contributed by atoms with E-state index < -0.39 is 0 Å². The molecule has 1 saturated carbocycles. The number of hydrogen-bond donors (Lipinski definition) is 2. The van der Waals surface area contributed by atoms with Gasteiger partial charge < -0.3 is 4.42 Å². The maximum atomic E-state index is 5.69. The van der Waals surface area contributed by atoms with Crippen LogP contribution >= 0.6 is 0 Å². The summed E-state index contributed by atoms with van der Waals surface area (Å²) in [6, 6.07) is 4.24. The molecule has 1 aromatic heterocycles. The predicted molar refractivity (Wildman–Crippen MR) is 64.7 cm³/mol. The van der Waals surface area contributed by atoms with Gasteiger partial charge in [0.05, 0.1) is 6.04 Å². The number of aryl methyl sites for hydroxylation is 1. The van der Waals surface area contributed by atoms with E-state index in [1.54, 1.807) is 0 Å². The van der Waals surface area contributed by atoms with Crippen LogP contribution in [0.5, 0.6) is 0 Å². The zero-order valence-corrected chi connectivity index (χ0v) is 10.0. The van der Waals surface area contributed by atoms with Crippen LogP contribution < -0.4 is 11.3 Å². The minimum atomic E-state index is 0.187. The Bertz CT molecular complexity index is 313. The number of furan rings is 1. The van der Waals surface area contributed by atoms with E-state index in [2.05, 4.69) is 5.43 Å². The van der Waals surface area contributed by atoms with Crippen molar-refractivity contribution in [2.75, 3.05) is 0 Å². The van der Waals surface area contributed by atoms with Crippen molar-refractivity contribution >= 4 is 0 Å². The van der Waals surface area contributed by atoms with Crippen molar-refractivity contribution in [3.05, 3.63) is 23.7 Å². The minimum absolute atomic E-state index is 0.187.